The Hall–Kier alpha value is -1.40. The van der Waals surface area contributed by atoms with Crippen LogP contribution in [0.25, 0.3) is 0 Å². The molecular weight excluding hydrogens is 302 g/mol. The van der Waals surface area contributed by atoms with E-state index in [0.717, 1.165) is 31.2 Å². The van der Waals surface area contributed by atoms with Crippen LogP contribution < -0.4 is 4.72 Å². The Kier molecular flexibility index (Phi) is 5.24. The Morgan fingerprint density at radius 2 is 1.82 bits per heavy atom. The summed E-state index contributed by atoms with van der Waals surface area (Å²) in [6, 6.07) is 3.09. The first-order valence-electron chi connectivity index (χ1n) is 7.61. The fourth-order valence-electron chi connectivity index (χ4n) is 2.74. The summed E-state index contributed by atoms with van der Waals surface area (Å²) in [7, 11) is -2.24. The van der Waals surface area contributed by atoms with Crippen LogP contribution in [0.1, 0.15) is 53.6 Å². The first kappa shape index (κ1) is 17.0. The Bertz CT molecular complexity index is 661. The molecule has 122 valence electrons. The Balaban J connectivity index is 2.29. The minimum absolute atomic E-state index is 0.0489. The maximum absolute atomic E-state index is 12.3. The summed E-state index contributed by atoms with van der Waals surface area (Å²) in [6.45, 7) is 3.53. The fourth-order valence-corrected chi connectivity index (χ4v) is 3.80. The van der Waals surface area contributed by atoms with E-state index >= 15 is 0 Å². The minimum Gasteiger partial charge on any atom is -0.459 e. The van der Waals surface area contributed by atoms with Crippen LogP contribution in [0, 0.1) is 13.8 Å². The van der Waals surface area contributed by atoms with Crippen molar-refractivity contribution in [2.24, 2.45) is 0 Å². The molecule has 1 N–H and O–H groups in total. The number of carbonyl (C=O) groups excluding carboxylic acids is 1. The minimum atomic E-state index is -3.60. The zero-order valence-electron chi connectivity index (χ0n) is 13.3. The summed E-state index contributed by atoms with van der Waals surface area (Å²) in [5.74, 6) is -0.442. The first-order valence-corrected chi connectivity index (χ1v) is 9.09. The van der Waals surface area contributed by atoms with Crippen molar-refractivity contribution in [2.75, 3.05) is 7.05 Å². The molecule has 1 aromatic rings. The number of benzene rings is 1. The number of aryl methyl sites for hydroxylation is 1. The predicted molar refractivity (Wildman–Crippen MR) is 84.5 cm³/mol. The van der Waals surface area contributed by atoms with Gasteiger partial charge in [0, 0.05) is 0 Å². The summed E-state index contributed by atoms with van der Waals surface area (Å²) in [6.07, 6.45) is 5.06. The van der Waals surface area contributed by atoms with Crippen molar-refractivity contribution >= 4 is 16.0 Å². The van der Waals surface area contributed by atoms with Crippen LogP contribution in [-0.2, 0) is 14.8 Å². The average molecular weight is 325 g/mol. The molecule has 1 aliphatic rings. The number of carbonyl (C=O) groups is 1. The standard InChI is InChI=1S/C16H23NO4S/c1-11-9-13(10-15(12(11)2)22(19,20)17-3)16(18)21-14-7-5-4-6-8-14/h9-10,14,17H,4-8H2,1-3H3. The fraction of sp³-hybridized carbons (Fsp3) is 0.562. The van der Waals surface area contributed by atoms with Crippen LogP contribution in [0.3, 0.4) is 0 Å². The van der Waals surface area contributed by atoms with Gasteiger partial charge in [0.2, 0.25) is 10.0 Å². The number of rotatable bonds is 4. The highest BCUT2D eigenvalue weighted by Gasteiger charge is 2.22. The molecule has 1 aliphatic carbocycles. The van der Waals surface area contributed by atoms with Crippen LogP contribution in [0.2, 0.25) is 0 Å². The van der Waals surface area contributed by atoms with Crippen molar-refractivity contribution in [3.8, 4) is 0 Å². The van der Waals surface area contributed by atoms with Crippen molar-refractivity contribution in [3.05, 3.63) is 28.8 Å². The van der Waals surface area contributed by atoms with Crippen molar-refractivity contribution in [1.82, 2.24) is 4.72 Å². The first-order chi connectivity index (χ1) is 10.3. The highest BCUT2D eigenvalue weighted by molar-refractivity contribution is 7.89. The Labute approximate surface area is 132 Å². The van der Waals surface area contributed by atoms with Gasteiger partial charge in [-0.3, -0.25) is 0 Å². The van der Waals surface area contributed by atoms with Gasteiger partial charge in [-0.1, -0.05) is 6.42 Å². The lowest BCUT2D eigenvalue weighted by molar-refractivity contribution is 0.0211. The van der Waals surface area contributed by atoms with Gasteiger partial charge < -0.3 is 4.74 Å². The van der Waals surface area contributed by atoms with Gasteiger partial charge >= 0.3 is 5.97 Å². The van der Waals surface area contributed by atoms with E-state index in [4.69, 9.17) is 4.74 Å². The summed E-state index contributed by atoms with van der Waals surface area (Å²) in [5, 5.41) is 0. The van der Waals surface area contributed by atoms with Crippen LogP contribution in [0.15, 0.2) is 17.0 Å². The second-order valence-electron chi connectivity index (χ2n) is 5.79. The van der Waals surface area contributed by atoms with Crippen LogP contribution >= 0.6 is 0 Å². The van der Waals surface area contributed by atoms with Crippen molar-refractivity contribution in [3.63, 3.8) is 0 Å². The van der Waals surface area contributed by atoms with Crippen LogP contribution in [-0.4, -0.2) is 27.5 Å². The summed E-state index contributed by atoms with van der Waals surface area (Å²) < 4.78 is 32.0. The lowest BCUT2D eigenvalue weighted by Gasteiger charge is -2.22. The number of ether oxygens (including phenoxy) is 1. The van der Waals surface area contributed by atoms with Gasteiger partial charge in [-0.05, 0) is 69.8 Å². The van der Waals surface area contributed by atoms with Gasteiger partial charge in [0.05, 0.1) is 10.5 Å². The number of hydrogen-bond donors (Lipinski definition) is 1. The van der Waals surface area contributed by atoms with Crippen molar-refractivity contribution in [1.29, 1.82) is 0 Å². The smallest absolute Gasteiger partial charge is 0.338 e. The molecule has 0 saturated heterocycles. The Morgan fingerprint density at radius 1 is 1.18 bits per heavy atom. The van der Waals surface area contributed by atoms with E-state index in [2.05, 4.69) is 4.72 Å². The van der Waals surface area contributed by atoms with Crippen molar-refractivity contribution in [2.45, 2.75) is 57.0 Å². The highest BCUT2D eigenvalue weighted by atomic mass is 32.2. The van der Waals surface area contributed by atoms with Gasteiger partial charge in [0.25, 0.3) is 0 Å². The molecule has 0 radical (unpaired) electrons. The van der Waals surface area contributed by atoms with E-state index in [1.165, 1.54) is 19.5 Å². The van der Waals surface area contributed by atoms with E-state index in [0.29, 0.717) is 11.1 Å². The second-order valence-corrected chi connectivity index (χ2v) is 7.64. The van der Waals surface area contributed by atoms with Crippen molar-refractivity contribution < 1.29 is 17.9 Å². The monoisotopic (exact) mass is 325 g/mol. The summed E-state index contributed by atoms with van der Waals surface area (Å²) in [5.41, 5.74) is 1.69. The quantitative estimate of drug-likeness (QED) is 0.864. The number of sulfonamides is 1. The molecule has 6 heteroatoms. The molecule has 22 heavy (non-hydrogen) atoms. The second kappa shape index (κ2) is 6.79. The molecule has 0 spiro atoms. The van der Waals surface area contributed by atoms with E-state index in [-0.39, 0.29) is 11.0 Å². The van der Waals surface area contributed by atoms with E-state index in [9.17, 15) is 13.2 Å². The molecular formula is C16H23NO4S. The third kappa shape index (κ3) is 3.67. The molecule has 0 heterocycles. The number of nitrogens with one attached hydrogen (secondary N) is 1. The normalized spacial score (nSPS) is 16.5. The molecule has 0 unspecified atom stereocenters. The van der Waals surface area contributed by atoms with Crippen LogP contribution in [0.4, 0.5) is 0 Å². The zero-order valence-corrected chi connectivity index (χ0v) is 14.1. The van der Waals surface area contributed by atoms with Gasteiger partial charge in [0.15, 0.2) is 0 Å². The lowest BCUT2D eigenvalue weighted by atomic mass is 9.97. The third-order valence-electron chi connectivity index (χ3n) is 4.24. The molecule has 0 atom stereocenters. The maximum atomic E-state index is 12.3. The topological polar surface area (TPSA) is 72.5 Å². The van der Waals surface area contributed by atoms with E-state index < -0.39 is 16.0 Å². The summed E-state index contributed by atoms with van der Waals surface area (Å²) in [4.78, 5) is 12.4. The summed E-state index contributed by atoms with van der Waals surface area (Å²) >= 11 is 0. The molecule has 5 nitrogen and oxygen atoms in total. The van der Waals surface area contributed by atoms with E-state index in [1.54, 1.807) is 19.9 Å². The molecule has 0 aromatic heterocycles. The molecule has 1 aromatic carbocycles. The highest BCUT2D eigenvalue weighted by Crippen LogP contribution is 2.24. The molecule has 1 saturated carbocycles. The molecule has 1 fully saturated rings. The molecule has 2 rings (SSSR count). The SMILES string of the molecule is CNS(=O)(=O)c1cc(C(=O)OC2CCCCC2)cc(C)c1C. The molecule has 0 aliphatic heterocycles. The van der Waals surface area contributed by atoms with Gasteiger partial charge in [-0.2, -0.15) is 0 Å². The Morgan fingerprint density at radius 3 is 2.41 bits per heavy atom. The lowest BCUT2D eigenvalue weighted by Crippen LogP contribution is -2.23. The average Bonchev–Trinajstić information content (AvgIpc) is 2.50. The zero-order chi connectivity index (χ0) is 16.3. The third-order valence-corrected chi connectivity index (χ3v) is 5.78. The number of hydrogen-bond acceptors (Lipinski definition) is 4. The molecule has 0 bridgehead atoms. The largest absolute Gasteiger partial charge is 0.459 e. The molecule has 0 amide bonds. The maximum Gasteiger partial charge on any atom is 0.338 e. The van der Waals surface area contributed by atoms with Crippen LogP contribution in [0.5, 0.6) is 0 Å². The number of esters is 1. The van der Waals surface area contributed by atoms with E-state index in [1.807, 2.05) is 0 Å². The van der Waals surface area contributed by atoms with Gasteiger partial charge in [0.1, 0.15) is 6.10 Å². The van der Waals surface area contributed by atoms with Gasteiger partial charge in [-0.25, -0.2) is 17.9 Å². The van der Waals surface area contributed by atoms with Gasteiger partial charge in [-0.15, -0.1) is 0 Å². The predicted octanol–water partition coefficient (Wildman–Crippen LogP) is 2.70.